The Morgan fingerprint density at radius 1 is 1.12 bits per heavy atom. The first-order chi connectivity index (χ1) is 11.5. The monoisotopic (exact) mass is 328 g/mol. The van der Waals surface area contributed by atoms with Gasteiger partial charge in [-0.2, -0.15) is 0 Å². The van der Waals surface area contributed by atoms with Crippen LogP contribution < -0.4 is 5.32 Å². The highest BCUT2D eigenvalue weighted by Gasteiger charge is 2.22. The molecule has 0 bridgehead atoms. The standard InChI is InChI=1S/C14H12N6O4/c1-9(14-17-16-13-4-2-3-7-18(13)14)15-11-6-5-10(19(21)22)8-12(11)20(23)24/h2-9,15H,1H3/t9-/m0/s1. The van der Waals surface area contributed by atoms with Crippen molar-refractivity contribution in [3.8, 4) is 0 Å². The van der Waals surface area contributed by atoms with E-state index in [0.29, 0.717) is 11.5 Å². The number of anilines is 1. The van der Waals surface area contributed by atoms with Gasteiger partial charge < -0.3 is 5.32 Å². The summed E-state index contributed by atoms with van der Waals surface area (Å²) in [5.41, 5.74) is 0.114. The second-order valence-corrected chi connectivity index (χ2v) is 5.07. The number of hydrogen-bond acceptors (Lipinski definition) is 7. The molecule has 1 atom stereocenters. The minimum Gasteiger partial charge on any atom is -0.370 e. The number of rotatable bonds is 5. The molecule has 0 spiro atoms. The largest absolute Gasteiger partial charge is 0.370 e. The Bertz CT molecular complexity index is 938. The molecule has 24 heavy (non-hydrogen) atoms. The highest BCUT2D eigenvalue weighted by atomic mass is 16.6. The molecule has 122 valence electrons. The summed E-state index contributed by atoms with van der Waals surface area (Å²) in [6.07, 6.45) is 1.78. The third-order valence-electron chi connectivity index (χ3n) is 3.49. The molecule has 0 saturated heterocycles. The first-order valence-electron chi connectivity index (χ1n) is 6.96. The van der Waals surface area contributed by atoms with Crippen LogP contribution in [0.5, 0.6) is 0 Å². The maximum atomic E-state index is 11.2. The Labute approximate surface area is 135 Å². The lowest BCUT2D eigenvalue weighted by Gasteiger charge is -2.13. The minimum atomic E-state index is -0.674. The van der Waals surface area contributed by atoms with Crippen LogP contribution in [-0.2, 0) is 0 Å². The average molecular weight is 328 g/mol. The highest BCUT2D eigenvalue weighted by Crippen LogP contribution is 2.31. The van der Waals surface area contributed by atoms with Gasteiger partial charge in [-0.3, -0.25) is 24.6 Å². The van der Waals surface area contributed by atoms with E-state index in [1.807, 2.05) is 12.1 Å². The molecule has 0 aliphatic carbocycles. The van der Waals surface area contributed by atoms with Crippen molar-refractivity contribution < 1.29 is 9.85 Å². The Morgan fingerprint density at radius 2 is 1.92 bits per heavy atom. The topological polar surface area (TPSA) is 128 Å². The normalized spacial score (nSPS) is 12.0. The van der Waals surface area contributed by atoms with E-state index in [1.54, 1.807) is 23.6 Å². The molecule has 2 aromatic heterocycles. The molecule has 3 aromatic rings. The zero-order valence-corrected chi connectivity index (χ0v) is 12.5. The lowest BCUT2D eigenvalue weighted by atomic mass is 10.2. The van der Waals surface area contributed by atoms with E-state index in [1.165, 1.54) is 12.1 Å². The van der Waals surface area contributed by atoms with Crippen molar-refractivity contribution in [2.75, 3.05) is 5.32 Å². The van der Waals surface area contributed by atoms with Gasteiger partial charge in [0.15, 0.2) is 11.5 Å². The molecule has 0 aliphatic rings. The van der Waals surface area contributed by atoms with Crippen LogP contribution in [0.3, 0.4) is 0 Å². The van der Waals surface area contributed by atoms with Crippen molar-refractivity contribution in [2.45, 2.75) is 13.0 Å². The molecule has 3 rings (SSSR count). The van der Waals surface area contributed by atoms with Crippen molar-refractivity contribution in [1.82, 2.24) is 14.6 Å². The summed E-state index contributed by atoms with van der Waals surface area (Å²) in [5, 5.41) is 33.0. The predicted molar refractivity (Wildman–Crippen MR) is 84.8 cm³/mol. The Hall–Kier alpha value is -3.56. The average Bonchev–Trinajstić information content (AvgIpc) is 2.98. The quantitative estimate of drug-likeness (QED) is 0.563. The van der Waals surface area contributed by atoms with E-state index in [0.717, 1.165) is 6.07 Å². The van der Waals surface area contributed by atoms with Gasteiger partial charge in [0.25, 0.3) is 11.4 Å². The molecule has 10 heteroatoms. The van der Waals surface area contributed by atoms with Gasteiger partial charge in [-0.25, -0.2) is 0 Å². The van der Waals surface area contributed by atoms with Crippen LogP contribution in [0.25, 0.3) is 5.65 Å². The molecule has 0 radical (unpaired) electrons. The van der Waals surface area contributed by atoms with Crippen LogP contribution in [0, 0.1) is 20.2 Å². The predicted octanol–water partition coefficient (Wildman–Crippen LogP) is 2.72. The molecule has 0 aliphatic heterocycles. The molecule has 0 amide bonds. The molecule has 1 N–H and O–H groups in total. The van der Waals surface area contributed by atoms with E-state index in [4.69, 9.17) is 0 Å². The number of non-ortho nitro benzene ring substituents is 1. The Kier molecular flexibility index (Phi) is 3.78. The number of nitro groups is 2. The second kappa shape index (κ2) is 5.91. The summed E-state index contributed by atoms with van der Waals surface area (Å²) in [6.45, 7) is 1.77. The van der Waals surface area contributed by atoms with Crippen LogP contribution in [0.2, 0.25) is 0 Å². The Morgan fingerprint density at radius 3 is 2.62 bits per heavy atom. The fraction of sp³-hybridized carbons (Fsp3) is 0.143. The van der Waals surface area contributed by atoms with Crippen molar-refractivity contribution >= 4 is 22.7 Å². The summed E-state index contributed by atoms with van der Waals surface area (Å²) >= 11 is 0. The smallest absolute Gasteiger partial charge is 0.299 e. The summed E-state index contributed by atoms with van der Waals surface area (Å²) < 4.78 is 1.76. The first kappa shape index (κ1) is 15.3. The van der Waals surface area contributed by atoms with Gasteiger partial charge in [-0.15, -0.1) is 10.2 Å². The van der Waals surface area contributed by atoms with E-state index >= 15 is 0 Å². The van der Waals surface area contributed by atoms with Crippen LogP contribution >= 0.6 is 0 Å². The van der Waals surface area contributed by atoms with Gasteiger partial charge in [0.1, 0.15) is 5.69 Å². The van der Waals surface area contributed by atoms with Gasteiger partial charge in [0.2, 0.25) is 0 Å². The molecule has 0 fully saturated rings. The van der Waals surface area contributed by atoms with E-state index < -0.39 is 15.9 Å². The van der Waals surface area contributed by atoms with Crippen molar-refractivity contribution in [1.29, 1.82) is 0 Å². The number of pyridine rings is 1. The summed E-state index contributed by atoms with van der Waals surface area (Å²) in [5.74, 6) is 0.568. The Balaban J connectivity index is 1.95. The number of benzene rings is 1. The lowest BCUT2D eigenvalue weighted by Crippen LogP contribution is -2.12. The number of nitro benzene ring substituents is 2. The van der Waals surface area contributed by atoms with E-state index in [-0.39, 0.29) is 17.1 Å². The number of nitrogens with zero attached hydrogens (tertiary/aromatic N) is 5. The maximum Gasteiger partial charge on any atom is 0.299 e. The van der Waals surface area contributed by atoms with Crippen molar-refractivity contribution in [3.05, 3.63) is 68.6 Å². The molecule has 0 unspecified atom stereocenters. The number of hydrogen-bond donors (Lipinski definition) is 1. The van der Waals surface area contributed by atoms with Crippen molar-refractivity contribution in [3.63, 3.8) is 0 Å². The highest BCUT2D eigenvalue weighted by molar-refractivity contribution is 5.65. The zero-order chi connectivity index (χ0) is 17.3. The third-order valence-corrected chi connectivity index (χ3v) is 3.49. The van der Waals surface area contributed by atoms with Gasteiger partial charge in [0, 0.05) is 12.3 Å². The fourth-order valence-corrected chi connectivity index (χ4v) is 2.36. The fourth-order valence-electron chi connectivity index (χ4n) is 2.36. The molecular formula is C14H12N6O4. The second-order valence-electron chi connectivity index (χ2n) is 5.07. The van der Waals surface area contributed by atoms with Crippen LogP contribution in [0.15, 0.2) is 42.6 Å². The zero-order valence-electron chi connectivity index (χ0n) is 12.5. The minimum absolute atomic E-state index is 0.172. The molecular weight excluding hydrogens is 316 g/mol. The molecule has 2 heterocycles. The maximum absolute atomic E-state index is 11.2. The molecule has 1 aromatic carbocycles. The summed E-state index contributed by atoms with van der Waals surface area (Å²) in [7, 11) is 0. The van der Waals surface area contributed by atoms with Crippen molar-refractivity contribution in [2.24, 2.45) is 0 Å². The SMILES string of the molecule is C[C@H](Nc1ccc([N+](=O)[O-])cc1[N+](=O)[O-])c1nnc2ccccn12. The van der Waals surface area contributed by atoms with Gasteiger partial charge in [-0.05, 0) is 25.1 Å². The van der Waals surface area contributed by atoms with Gasteiger partial charge in [-0.1, -0.05) is 6.07 Å². The van der Waals surface area contributed by atoms with Crippen LogP contribution in [0.4, 0.5) is 17.1 Å². The third kappa shape index (κ3) is 2.72. The van der Waals surface area contributed by atoms with E-state index in [9.17, 15) is 20.2 Å². The molecule has 10 nitrogen and oxygen atoms in total. The van der Waals surface area contributed by atoms with Crippen LogP contribution in [-0.4, -0.2) is 24.4 Å². The lowest BCUT2D eigenvalue weighted by molar-refractivity contribution is -0.393. The van der Waals surface area contributed by atoms with Gasteiger partial charge >= 0.3 is 0 Å². The van der Waals surface area contributed by atoms with E-state index in [2.05, 4.69) is 15.5 Å². The number of fused-ring (bicyclic) bond motifs is 1. The summed E-state index contributed by atoms with van der Waals surface area (Å²) in [6, 6.07) is 8.49. The van der Waals surface area contributed by atoms with Gasteiger partial charge in [0.05, 0.1) is 22.0 Å². The first-order valence-corrected chi connectivity index (χ1v) is 6.96. The molecule has 0 saturated carbocycles. The number of aromatic nitrogens is 3. The number of nitrogens with one attached hydrogen (secondary N) is 1. The summed E-state index contributed by atoms with van der Waals surface area (Å²) in [4.78, 5) is 20.6. The van der Waals surface area contributed by atoms with Crippen LogP contribution in [0.1, 0.15) is 18.8 Å².